The molecule has 9 heteroatoms. The van der Waals surface area contributed by atoms with Crippen LogP contribution in [0.25, 0.3) is 11.4 Å². The van der Waals surface area contributed by atoms with E-state index in [1.807, 2.05) is 30.3 Å². The van der Waals surface area contributed by atoms with Crippen LogP contribution < -0.4 is 15.9 Å². The van der Waals surface area contributed by atoms with E-state index >= 15 is 0 Å². The van der Waals surface area contributed by atoms with Crippen LogP contribution >= 0.6 is 11.8 Å². The van der Waals surface area contributed by atoms with Gasteiger partial charge in [-0.1, -0.05) is 11.8 Å². The fraction of sp³-hybridized carbons (Fsp3) is 0.111. The molecule has 3 N–H and O–H groups in total. The quantitative estimate of drug-likeness (QED) is 0.497. The minimum atomic E-state index is -0.210. The molecule has 0 aliphatic heterocycles. The van der Waals surface area contributed by atoms with Gasteiger partial charge in [-0.2, -0.15) is 5.26 Å². The lowest BCUT2D eigenvalue weighted by molar-refractivity contribution is -0.113. The van der Waals surface area contributed by atoms with Crippen LogP contribution in [-0.2, 0) is 4.79 Å². The predicted octanol–water partition coefficient (Wildman–Crippen LogP) is 2.27. The second-order valence-electron chi connectivity index (χ2n) is 5.43. The number of benzene rings is 2. The Morgan fingerprint density at radius 3 is 2.56 bits per heavy atom. The van der Waals surface area contributed by atoms with Crippen molar-refractivity contribution < 1.29 is 9.53 Å². The van der Waals surface area contributed by atoms with Crippen molar-refractivity contribution in [1.82, 2.24) is 14.9 Å². The number of amides is 1. The number of methoxy groups -OCH3 is 1. The number of aromatic nitrogens is 3. The second kappa shape index (κ2) is 8.25. The molecule has 0 unspecified atom stereocenters. The van der Waals surface area contributed by atoms with Crippen LogP contribution in [0.15, 0.2) is 53.7 Å². The predicted molar refractivity (Wildman–Crippen MR) is 103 cm³/mol. The minimum Gasteiger partial charge on any atom is -0.497 e. The highest BCUT2D eigenvalue weighted by molar-refractivity contribution is 7.99. The topological polar surface area (TPSA) is 119 Å². The first-order valence-corrected chi connectivity index (χ1v) is 8.87. The normalized spacial score (nSPS) is 10.2. The second-order valence-corrected chi connectivity index (χ2v) is 6.37. The number of carbonyl (C=O) groups excluding carboxylic acids is 1. The standard InChI is InChI=1S/C18H16N6O2S/c1-26-15-8-4-13(5-9-15)17-22-23-18(24(17)20)27-11-16(25)21-14-6-2-12(10-19)3-7-14/h2-9H,11,20H2,1H3,(H,21,25). The number of hydrogen-bond acceptors (Lipinski definition) is 7. The first kappa shape index (κ1) is 18.3. The van der Waals surface area contributed by atoms with Gasteiger partial charge in [0.2, 0.25) is 11.1 Å². The summed E-state index contributed by atoms with van der Waals surface area (Å²) >= 11 is 1.18. The SMILES string of the molecule is COc1ccc(-c2nnc(SCC(=O)Nc3ccc(C#N)cc3)n2N)cc1. The summed E-state index contributed by atoms with van der Waals surface area (Å²) in [5, 5.41) is 20.1. The third kappa shape index (κ3) is 4.37. The van der Waals surface area contributed by atoms with Gasteiger partial charge in [0.15, 0.2) is 5.82 Å². The van der Waals surface area contributed by atoms with Gasteiger partial charge in [-0.3, -0.25) is 4.79 Å². The summed E-state index contributed by atoms with van der Waals surface area (Å²) in [7, 11) is 1.60. The molecule has 0 saturated carbocycles. The Kier molecular flexibility index (Phi) is 5.58. The van der Waals surface area contributed by atoms with Crippen molar-refractivity contribution in [2.75, 3.05) is 24.0 Å². The van der Waals surface area contributed by atoms with E-state index in [0.29, 0.717) is 22.2 Å². The Morgan fingerprint density at radius 1 is 1.22 bits per heavy atom. The minimum absolute atomic E-state index is 0.123. The van der Waals surface area contributed by atoms with Crippen molar-refractivity contribution in [2.24, 2.45) is 0 Å². The molecule has 27 heavy (non-hydrogen) atoms. The molecule has 1 aromatic heterocycles. The average molecular weight is 380 g/mol. The maximum Gasteiger partial charge on any atom is 0.234 e. The van der Waals surface area contributed by atoms with Gasteiger partial charge in [-0.25, -0.2) is 4.68 Å². The maximum absolute atomic E-state index is 12.1. The lowest BCUT2D eigenvalue weighted by Crippen LogP contribution is -2.16. The highest BCUT2D eigenvalue weighted by Gasteiger charge is 2.14. The number of rotatable bonds is 6. The molecule has 1 heterocycles. The number of anilines is 1. The average Bonchev–Trinajstić information content (AvgIpc) is 3.07. The molecular formula is C18H16N6O2S. The number of nitrogen functional groups attached to an aromatic ring is 1. The molecule has 8 nitrogen and oxygen atoms in total. The lowest BCUT2D eigenvalue weighted by Gasteiger charge is -2.06. The third-order valence-electron chi connectivity index (χ3n) is 3.64. The number of nitrogens with one attached hydrogen (secondary N) is 1. The Bertz CT molecular complexity index is 977. The van der Waals surface area contributed by atoms with Crippen molar-refractivity contribution in [3.63, 3.8) is 0 Å². The van der Waals surface area contributed by atoms with E-state index in [1.165, 1.54) is 16.4 Å². The summed E-state index contributed by atoms with van der Waals surface area (Å²) in [6, 6.07) is 15.9. The van der Waals surface area contributed by atoms with Gasteiger partial charge in [-0.05, 0) is 48.5 Å². The van der Waals surface area contributed by atoms with Gasteiger partial charge >= 0.3 is 0 Å². The van der Waals surface area contributed by atoms with E-state index < -0.39 is 0 Å². The van der Waals surface area contributed by atoms with Gasteiger partial charge in [-0.15, -0.1) is 10.2 Å². The zero-order chi connectivity index (χ0) is 19.2. The molecule has 0 aliphatic carbocycles. The van der Waals surface area contributed by atoms with Crippen LogP contribution in [0.2, 0.25) is 0 Å². The molecule has 0 spiro atoms. The number of ether oxygens (including phenoxy) is 1. The maximum atomic E-state index is 12.1. The number of nitrogens with two attached hydrogens (primary N) is 1. The third-order valence-corrected chi connectivity index (χ3v) is 4.59. The molecular weight excluding hydrogens is 364 g/mol. The number of thioether (sulfide) groups is 1. The Hall–Kier alpha value is -3.51. The van der Waals surface area contributed by atoms with Crippen molar-refractivity contribution in [3.8, 4) is 23.2 Å². The van der Waals surface area contributed by atoms with Crippen LogP contribution in [0.4, 0.5) is 5.69 Å². The van der Waals surface area contributed by atoms with Crippen LogP contribution in [0.3, 0.4) is 0 Å². The Labute approximate surface area is 159 Å². The molecule has 3 aromatic rings. The number of carbonyl (C=O) groups is 1. The van der Waals surface area contributed by atoms with Crippen LogP contribution in [0, 0.1) is 11.3 Å². The van der Waals surface area contributed by atoms with Gasteiger partial charge in [0.05, 0.1) is 24.5 Å². The molecule has 0 bridgehead atoms. The molecule has 2 aromatic carbocycles. The summed E-state index contributed by atoms with van der Waals surface area (Å²) in [6.45, 7) is 0. The van der Waals surface area contributed by atoms with Crippen molar-refractivity contribution in [1.29, 1.82) is 5.26 Å². The number of nitriles is 1. The first-order chi connectivity index (χ1) is 13.1. The van der Waals surface area contributed by atoms with E-state index in [1.54, 1.807) is 31.4 Å². The van der Waals surface area contributed by atoms with Gasteiger partial charge in [0.25, 0.3) is 0 Å². The van der Waals surface area contributed by atoms with E-state index in [0.717, 1.165) is 11.3 Å². The first-order valence-electron chi connectivity index (χ1n) is 7.88. The van der Waals surface area contributed by atoms with Crippen molar-refractivity contribution >= 4 is 23.4 Å². The van der Waals surface area contributed by atoms with Crippen LogP contribution in [-0.4, -0.2) is 33.6 Å². The Balaban J connectivity index is 1.61. The van der Waals surface area contributed by atoms with Gasteiger partial charge in [0, 0.05) is 11.3 Å². The Morgan fingerprint density at radius 2 is 1.93 bits per heavy atom. The molecule has 0 radical (unpaired) electrons. The van der Waals surface area contributed by atoms with E-state index in [4.69, 9.17) is 15.8 Å². The van der Waals surface area contributed by atoms with Gasteiger partial charge < -0.3 is 15.9 Å². The summed E-state index contributed by atoms with van der Waals surface area (Å²) in [6.07, 6.45) is 0. The number of nitrogens with zero attached hydrogens (tertiary/aromatic N) is 4. The molecule has 3 rings (SSSR count). The zero-order valence-electron chi connectivity index (χ0n) is 14.4. The fourth-order valence-electron chi connectivity index (χ4n) is 2.27. The van der Waals surface area contributed by atoms with Crippen LogP contribution in [0.1, 0.15) is 5.56 Å². The summed E-state index contributed by atoms with van der Waals surface area (Å²) in [4.78, 5) is 12.1. The zero-order valence-corrected chi connectivity index (χ0v) is 15.2. The summed E-state index contributed by atoms with van der Waals surface area (Å²) < 4.78 is 6.48. The molecule has 0 saturated heterocycles. The van der Waals surface area contributed by atoms with Crippen molar-refractivity contribution in [2.45, 2.75) is 5.16 Å². The summed E-state index contributed by atoms with van der Waals surface area (Å²) in [5.74, 6) is 7.19. The lowest BCUT2D eigenvalue weighted by atomic mass is 10.2. The van der Waals surface area contributed by atoms with E-state index in [9.17, 15) is 4.79 Å². The van der Waals surface area contributed by atoms with Crippen LogP contribution in [0.5, 0.6) is 5.75 Å². The van der Waals surface area contributed by atoms with Crippen molar-refractivity contribution in [3.05, 3.63) is 54.1 Å². The van der Waals surface area contributed by atoms with E-state index in [-0.39, 0.29) is 11.7 Å². The fourth-order valence-corrected chi connectivity index (χ4v) is 2.92. The summed E-state index contributed by atoms with van der Waals surface area (Å²) in [5.41, 5.74) is 1.94. The molecule has 0 atom stereocenters. The highest BCUT2D eigenvalue weighted by Crippen LogP contribution is 2.23. The molecule has 136 valence electrons. The number of hydrogen-bond donors (Lipinski definition) is 2. The monoisotopic (exact) mass is 380 g/mol. The smallest absolute Gasteiger partial charge is 0.234 e. The molecule has 0 aliphatic rings. The highest BCUT2D eigenvalue weighted by atomic mass is 32.2. The molecule has 1 amide bonds. The van der Waals surface area contributed by atoms with E-state index in [2.05, 4.69) is 15.5 Å². The van der Waals surface area contributed by atoms with Gasteiger partial charge in [0.1, 0.15) is 5.75 Å². The molecule has 0 fully saturated rings. The largest absolute Gasteiger partial charge is 0.497 e.